The average Bonchev–Trinajstić information content (AvgIpc) is 2.63. The Balaban J connectivity index is 1.54. The number of hydrogen-bond donors (Lipinski definition) is 0. The molecule has 1 aliphatic heterocycles. The molecule has 2 heterocycles. The number of nitrogens with zero attached hydrogens (tertiary/aromatic N) is 3. The molecule has 0 spiro atoms. The summed E-state index contributed by atoms with van der Waals surface area (Å²) in [5.74, 6) is 0.429. The van der Waals surface area contributed by atoms with Crippen LogP contribution in [0.2, 0.25) is 0 Å². The molecule has 0 fully saturated rings. The van der Waals surface area contributed by atoms with Gasteiger partial charge in [0.05, 0.1) is 24.8 Å². The van der Waals surface area contributed by atoms with E-state index in [2.05, 4.69) is 29.2 Å². The van der Waals surface area contributed by atoms with Crippen LogP contribution in [0.25, 0.3) is 0 Å². The van der Waals surface area contributed by atoms with E-state index in [9.17, 15) is 13.2 Å². The van der Waals surface area contributed by atoms with Crippen LogP contribution < -0.4 is 5.56 Å². The zero-order chi connectivity index (χ0) is 18.3. The number of fused-ring (bicyclic) bond motifs is 2. The molecular weight excluding hydrogens is 350 g/mol. The van der Waals surface area contributed by atoms with E-state index in [4.69, 9.17) is 0 Å². The summed E-state index contributed by atoms with van der Waals surface area (Å²) in [4.78, 5) is 17.3. The van der Waals surface area contributed by atoms with Gasteiger partial charge in [-0.2, -0.15) is 4.31 Å². The molecule has 0 saturated heterocycles. The first kappa shape index (κ1) is 17.4. The maximum atomic E-state index is 12.8. The average molecular weight is 373 g/mol. The van der Waals surface area contributed by atoms with Gasteiger partial charge < -0.3 is 0 Å². The summed E-state index contributed by atoms with van der Waals surface area (Å²) in [6, 6.07) is 8.51. The van der Waals surface area contributed by atoms with Crippen molar-refractivity contribution in [3.63, 3.8) is 0 Å². The molecule has 1 atom stereocenters. The van der Waals surface area contributed by atoms with Gasteiger partial charge in [-0.25, -0.2) is 13.4 Å². The van der Waals surface area contributed by atoms with Crippen LogP contribution in [0.4, 0.5) is 0 Å². The van der Waals surface area contributed by atoms with E-state index in [0.29, 0.717) is 36.7 Å². The summed E-state index contributed by atoms with van der Waals surface area (Å²) < 4.78 is 26.5. The van der Waals surface area contributed by atoms with E-state index in [1.54, 1.807) is 10.9 Å². The van der Waals surface area contributed by atoms with Crippen molar-refractivity contribution < 1.29 is 8.42 Å². The van der Waals surface area contributed by atoms with Gasteiger partial charge in [0.25, 0.3) is 5.56 Å². The summed E-state index contributed by atoms with van der Waals surface area (Å²) in [5, 5.41) is 0. The molecule has 138 valence electrons. The summed E-state index contributed by atoms with van der Waals surface area (Å²) in [6.45, 7) is 1.22. The minimum Gasteiger partial charge on any atom is -0.299 e. The molecule has 1 aromatic heterocycles. The molecule has 1 aliphatic carbocycles. The Kier molecular flexibility index (Phi) is 4.44. The minimum absolute atomic E-state index is 0.0120. The van der Waals surface area contributed by atoms with Crippen molar-refractivity contribution in [3.05, 3.63) is 63.3 Å². The number of rotatable bonds is 3. The Bertz CT molecular complexity index is 997. The number of sulfonamides is 1. The largest absolute Gasteiger partial charge is 0.299 e. The topological polar surface area (TPSA) is 72.3 Å². The molecule has 6 nitrogen and oxygen atoms in total. The molecule has 1 aromatic carbocycles. The first-order valence-corrected chi connectivity index (χ1v) is 10.9. The lowest BCUT2D eigenvalue weighted by Gasteiger charge is -2.27. The Morgan fingerprint density at radius 1 is 1.19 bits per heavy atom. The highest BCUT2D eigenvalue weighted by Gasteiger charge is 2.27. The van der Waals surface area contributed by atoms with Crippen LogP contribution in [0.15, 0.2) is 35.4 Å². The normalized spacial score (nSPS) is 20.4. The van der Waals surface area contributed by atoms with Crippen LogP contribution in [0.5, 0.6) is 0 Å². The van der Waals surface area contributed by atoms with E-state index in [-0.39, 0.29) is 12.1 Å². The number of aryl methyl sites for hydroxylation is 1. The molecule has 4 rings (SSSR count). The van der Waals surface area contributed by atoms with Gasteiger partial charge in [-0.15, -0.1) is 0 Å². The number of aromatic nitrogens is 2. The van der Waals surface area contributed by atoms with Gasteiger partial charge in [-0.1, -0.05) is 24.3 Å². The van der Waals surface area contributed by atoms with Gasteiger partial charge in [-0.05, 0) is 42.7 Å². The molecular formula is C19H23N3O3S. The van der Waals surface area contributed by atoms with Crippen LogP contribution in [0.1, 0.15) is 28.8 Å². The summed E-state index contributed by atoms with van der Waals surface area (Å²) in [5.41, 5.74) is 4.05. The highest BCUT2D eigenvalue weighted by molar-refractivity contribution is 7.88. The lowest BCUT2D eigenvalue weighted by molar-refractivity contribution is 0.368. The van der Waals surface area contributed by atoms with E-state index in [1.807, 2.05) is 0 Å². The fourth-order valence-electron chi connectivity index (χ4n) is 4.06. The molecule has 7 heteroatoms. The summed E-state index contributed by atoms with van der Waals surface area (Å²) in [6.07, 6.45) is 6.33. The van der Waals surface area contributed by atoms with Crippen molar-refractivity contribution >= 4 is 10.0 Å². The van der Waals surface area contributed by atoms with E-state index in [1.165, 1.54) is 21.7 Å². The van der Waals surface area contributed by atoms with Gasteiger partial charge in [0, 0.05) is 18.7 Å². The van der Waals surface area contributed by atoms with Crippen molar-refractivity contribution in [2.75, 3.05) is 12.8 Å². The molecule has 0 saturated carbocycles. The van der Waals surface area contributed by atoms with Crippen LogP contribution in [-0.2, 0) is 42.4 Å². The summed E-state index contributed by atoms with van der Waals surface area (Å²) >= 11 is 0. The third-order valence-corrected chi connectivity index (χ3v) is 6.78. The van der Waals surface area contributed by atoms with E-state index < -0.39 is 10.0 Å². The van der Waals surface area contributed by atoms with Crippen molar-refractivity contribution in [3.8, 4) is 0 Å². The van der Waals surface area contributed by atoms with Crippen LogP contribution >= 0.6 is 0 Å². The van der Waals surface area contributed by atoms with Crippen molar-refractivity contribution in [1.29, 1.82) is 0 Å². The first-order valence-electron chi connectivity index (χ1n) is 9.01. The van der Waals surface area contributed by atoms with Crippen molar-refractivity contribution in [1.82, 2.24) is 13.9 Å². The van der Waals surface area contributed by atoms with E-state index in [0.717, 1.165) is 19.3 Å². The Morgan fingerprint density at radius 3 is 2.73 bits per heavy atom. The lowest BCUT2D eigenvalue weighted by Crippen LogP contribution is -2.40. The predicted molar refractivity (Wildman–Crippen MR) is 99.4 cm³/mol. The lowest BCUT2D eigenvalue weighted by atomic mass is 9.84. The molecule has 0 amide bonds. The zero-order valence-electron chi connectivity index (χ0n) is 14.9. The highest BCUT2D eigenvalue weighted by Crippen LogP contribution is 2.26. The number of hydrogen-bond acceptors (Lipinski definition) is 4. The SMILES string of the molecule is CS(=O)(=O)N1CCc2c(ncn(C[C@H]3CCc4ccccc4C3)c2=O)C1. The molecule has 26 heavy (non-hydrogen) atoms. The molecule has 0 unspecified atom stereocenters. The molecule has 0 bridgehead atoms. The quantitative estimate of drug-likeness (QED) is 0.815. The van der Waals surface area contributed by atoms with Gasteiger partial charge in [0.2, 0.25) is 10.0 Å². The van der Waals surface area contributed by atoms with Crippen LogP contribution in [0, 0.1) is 5.92 Å². The maximum absolute atomic E-state index is 12.8. The summed E-state index contributed by atoms with van der Waals surface area (Å²) in [7, 11) is -3.26. The third-order valence-electron chi connectivity index (χ3n) is 5.53. The fourth-order valence-corrected chi connectivity index (χ4v) is 4.84. The predicted octanol–water partition coefficient (Wildman–Crippen LogP) is 1.37. The Labute approximate surface area is 153 Å². The Morgan fingerprint density at radius 2 is 1.96 bits per heavy atom. The van der Waals surface area contributed by atoms with Gasteiger partial charge >= 0.3 is 0 Å². The van der Waals surface area contributed by atoms with Crippen molar-refractivity contribution in [2.45, 2.75) is 38.8 Å². The number of benzene rings is 1. The highest BCUT2D eigenvalue weighted by atomic mass is 32.2. The monoisotopic (exact) mass is 373 g/mol. The van der Waals surface area contributed by atoms with Crippen molar-refractivity contribution in [2.24, 2.45) is 5.92 Å². The standard InChI is InChI=1S/C19H23N3O3S/c1-26(24,25)22-9-8-17-18(12-22)20-13-21(19(17)23)11-14-6-7-15-4-2-3-5-16(15)10-14/h2-5,13-14H,6-12H2,1H3/t14-/m0/s1. The van der Waals surface area contributed by atoms with Gasteiger partial charge in [0.1, 0.15) is 0 Å². The maximum Gasteiger partial charge on any atom is 0.256 e. The van der Waals surface area contributed by atoms with Crippen LogP contribution in [0.3, 0.4) is 0 Å². The van der Waals surface area contributed by atoms with Gasteiger partial charge in [-0.3, -0.25) is 9.36 Å². The second-order valence-electron chi connectivity index (χ2n) is 7.35. The molecule has 2 aliphatic rings. The zero-order valence-corrected chi connectivity index (χ0v) is 15.7. The molecule has 0 N–H and O–H groups in total. The smallest absolute Gasteiger partial charge is 0.256 e. The Hall–Kier alpha value is -1.99. The van der Waals surface area contributed by atoms with E-state index >= 15 is 0 Å². The molecule has 2 aromatic rings. The van der Waals surface area contributed by atoms with Gasteiger partial charge in [0.15, 0.2) is 0 Å². The second-order valence-corrected chi connectivity index (χ2v) is 9.33. The fraction of sp³-hybridized carbons (Fsp3) is 0.474. The third kappa shape index (κ3) is 3.33. The first-order chi connectivity index (χ1) is 12.4. The molecule has 0 radical (unpaired) electrons. The second kappa shape index (κ2) is 6.63. The van der Waals surface area contributed by atoms with Crippen LogP contribution in [-0.4, -0.2) is 35.1 Å². The minimum atomic E-state index is -3.26.